The van der Waals surface area contributed by atoms with E-state index in [1.807, 2.05) is 30.3 Å². The van der Waals surface area contributed by atoms with E-state index in [2.05, 4.69) is 24.1 Å². The van der Waals surface area contributed by atoms with Gasteiger partial charge in [0, 0.05) is 23.4 Å². The van der Waals surface area contributed by atoms with Gasteiger partial charge in [-0.3, -0.25) is 4.79 Å². The molecule has 6 nitrogen and oxygen atoms in total. The summed E-state index contributed by atoms with van der Waals surface area (Å²) in [5.74, 6) is 1.64. The lowest BCUT2D eigenvalue weighted by atomic mass is 9.73. The van der Waals surface area contributed by atoms with Crippen molar-refractivity contribution in [2.45, 2.75) is 43.6 Å². The van der Waals surface area contributed by atoms with Crippen LogP contribution in [0.25, 0.3) is 0 Å². The molecule has 8 heteroatoms. The van der Waals surface area contributed by atoms with Crippen LogP contribution < -0.4 is 10.1 Å². The molecule has 1 atom stereocenters. The Kier molecular flexibility index (Phi) is 5.48. The highest BCUT2D eigenvalue weighted by atomic mass is 32.2. The van der Waals surface area contributed by atoms with Crippen molar-refractivity contribution in [3.05, 3.63) is 76.7 Å². The summed E-state index contributed by atoms with van der Waals surface area (Å²) in [5.41, 5.74) is 3.06. The number of hydrogen-bond donors (Lipinski definition) is 1. The number of ether oxygens (including phenoxy) is 1. The minimum atomic E-state index is -0.374. The van der Waals surface area contributed by atoms with E-state index in [9.17, 15) is 9.18 Å². The molecule has 2 aromatic carbocycles. The molecule has 0 saturated heterocycles. The molecule has 2 heterocycles. The van der Waals surface area contributed by atoms with Gasteiger partial charge in [-0.1, -0.05) is 55.9 Å². The number of anilines is 1. The number of halogens is 1. The van der Waals surface area contributed by atoms with Crippen molar-refractivity contribution in [1.29, 1.82) is 0 Å². The van der Waals surface area contributed by atoms with Gasteiger partial charge in [0.2, 0.25) is 11.1 Å². The Bertz CT molecular complexity index is 1250. The second-order valence-electron chi connectivity index (χ2n) is 9.18. The Morgan fingerprint density at radius 3 is 2.67 bits per heavy atom. The summed E-state index contributed by atoms with van der Waals surface area (Å²) >= 11 is 1.37. The smallest absolute Gasteiger partial charge is 0.227 e. The molecule has 2 aliphatic rings. The second kappa shape index (κ2) is 8.33. The van der Waals surface area contributed by atoms with Crippen LogP contribution in [0, 0.1) is 11.2 Å². The van der Waals surface area contributed by atoms with Crippen molar-refractivity contribution >= 4 is 23.5 Å². The van der Waals surface area contributed by atoms with Crippen LogP contribution in [-0.2, 0) is 10.5 Å². The van der Waals surface area contributed by atoms with Gasteiger partial charge < -0.3 is 10.1 Å². The zero-order chi connectivity index (χ0) is 23.2. The summed E-state index contributed by atoms with van der Waals surface area (Å²) in [6.45, 7) is 4.21. The van der Waals surface area contributed by atoms with Gasteiger partial charge in [-0.25, -0.2) is 9.07 Å². The van der Waals surface area contributed by atoms with Crippen LogP contribution in [0.15, 0.2) is 65.0 Å². The molecule has 1 N–H and O–H groups in total. The van der Waals surface area contributed by atoms with Crippen LogP contribution in [0.5, 0.6) is 5.75 Å². The number of carbonyl (C=O) groups excluding carboxylic acids is 1. The van der Waals surface area contributed by atoms with E-state index in [4.69, 9.17) is 9.84 Å². The second-order valence-corrected chi connectivity index (χ2v) is 10.1. The van der Waals surface area contributed by atoms with E-state index in [1.165, 1.54) is 17.8 Å². The van der Waals surface area contributed by atoms with Crippen LogP contribution >= 0.6 is 11.8 Å². The highest BCUT2D eigenvalue weighted by Crippen LogP contribution is 2.45. The van der Waals surface area contributed by atoms with Gasteiger partial charge in [-0.15, -0.1) is 5.10 Å². The molecule has 1 aliphatic carbocycles. The monoisotopic (exact) mass is 464 g/mol. The van der Waals surface area contributed by atoms with Gasteiger partial charge in [-0.05, 0) is 41.2 Å². The summed E-state index contributed by atoms with van der Waals surface area (Å²) < 4.78 is 21.1. The maximum atomic E-state index is 14.1. The predicted octanol–water partition coefficient (Wildman–Crippen LogP) is 5.38. The SMILES string of the molecule is COc1ccc([C@H]2C3=C(CC(C)(C)CC3=O)Nc3nc(SCc4ccccc4F)nn32)cc1. The maximum absolute atomic E-state index is 14.1. The lowest BCUT2D eigenvalue weighted by Gasteiger charge is -2.38. The lowest BCUT2D eigenvalue weighted by molar-refractivity contribution is -0.118. The summed E-state index contributed by atoms with van der Waals surface area (Å²) in [6.07, 6.45) is 1.24. The number of carbonyl (C=O) groups is 1. The molecule has 0 amide bonds. The average molecular weight is 465 g/mol. The topological polar surface area (TPSA) is 69.0 Å². The van der Waals surface area contributed by atoms with Crippen LogP contribution in [0.2, 0.25) is 0 Å². The van der Waals surface area contributed by atoms with Crippen LogP contribution in [0.3, 0.4) is 0 Å². The number of nitrogens with zero attached hydrogens (tertiary/aromatic N) is 3. The standard InChI is InChI=1S/C25H25FN4O2S/c1-25(2)12-19-21(20(31)13-25)22(15-8-10-17(32-3)11-9-15)30-23(27-19)28-24(29-30)33-14-16-6-4-5-7-18(16)26/h4-11,22H,12-14H2,1-3H3,(H,27,28,29)/t22-/m0/s1. The fraction of sp³-hybridized carbons (Fsp3) is 0.320. The highest BCUT2D eigenvalue weighted by molar-refractivity contribution is 7.98. The van der Waals surface area contributed by atoms with Gasteiger partial charge >= 0.3 is 0 Å². The number of benzene rings is 2. The zero-order valence-electron chi connectivity index (χ0n) is 18.8. The van der Waals surface area contributed by atoms with Crippen molar-refractivity contribution in [2.75, 3.05) is 12.4 Å². The number of nitrogens with one attached hydrogen (secondary N) is 1. The molecule has 1 aliphatic heterocycles. The number of aromatic nitrogens is 3. The molecular formula is C25H25FN4O2S. The first-order valence-electron chi connectivity index (χ1n) is 10.8. The zero-order valence-corrected chi connectivity index (χ0v) is 19.6. The Balaban J connectivity index is 1.53. The largest absolute Gasteiger partial charge is 0.497 e. The molecule has 1 aromatic heterocycles. The van der Waals surface area contributed by atoms with Gasteiger partial charge in [0.15, 0.2) is 5.78 Å². The molecule has 5 rings (SSSR count). The van der Waals surface area contributed by atoms with E-state index >= 15 is 0 Å². The van der Waals surface area contributed by atoms with E-state index < -0.39 is 0 Å². The molecule has 0 unspecified atom stereocenters. The Labute approximate surface area is 196 Å². The van der Waals surface area contributed by atoms with Gasteiger partial charge in [0.25, 0.3) is 0 Å². The van der Waals surface area contributed by atoms with E-state index in [-0.39, 0.29) is 23.1 Å². The highest BCUT2D eigenvalue weighted by Gasteiger charge is 2.41. The van der Waals surface area contributed by atoms with Gasteiger partial charge in [0.05, 0.1) is 7.11 Å². The molecule has 0 bridgehead atoms. The van der Waals surface area contributed by atoms with E-state index in [0.717, 1.165) is 29.0 Å². The maximum Gasteiger partial charge on any atom is 0.227 e. The summed E-state index contributed by atoms with van der Waals surface area (Å²) in [5, 5.41) is 8.63. The number of fused-ring (bicyclic) bond motifs is 1. The predicted molar refractivity (Wildman–Crippen MR) is 126 cm³/mol. The molecule has 0 saturated carbocycles. The normalized spacial score (nSPS) is 19.0. The van der Waals surface area contributed by atoms with Gasteiger partial charge in [0.1, 0.15) is 17.6 Å². The van der Waals surface area contributed by atoms with Crippen molar-refractivity contribution in [3.8, 4) is 5.75 Å². The van der Waals surface area contributed by atoms with E-state index in [1.54, 1.807) is 23.9 Å². The first kappa shape index (κ1) is 21.7. The minimum absolute atomic E-state index is 0.122. The third-order valence-corrected chi connectivity index (χ3v) is 6.95. The van der Waals surface area contributed by atoms with Gasteiger partial charge in [-0.2, -0.15) is 4.98 Å². The number of thioether (sulfide) groups is 1. The van der Waals surface area contributed by atoms with E-state index in [0.29, 0.717) is 28.8 Å². The number of methoxy groups -OCH3 is 1. The summed E-state index contributed by atoms with van der Waals surface area (Å²) in [6, 6.07) is 14.0. The number of ketones is 1. The van der Waals surface area contributed by atoms with Crippen molar-refractivity contribution in [3.63, 3.8) is 0 Å². The Hall–Kier alpha value is -3.13. The third kappa shape index (κ3) is 4.15. The number of hydrogen-bond acceptors (Lipinski definition) is 6. The Morgan fingerprint density at radius 1 is 1.18 bits per heavy atom. The first-order chi connectivity index (χ1) is 15.8. The lowest BCUT2D eigenvalue weighted by Crippen LogP contribution is -2.36. The Morgan fingerprint density at radius 2 is 1.94 bits per heavy atom. The molecule has 170 valence electrons. The quantitative estimate of drug-likeness (QED) is 0.512. The fourth-order valence-electron chi connectivity index (χ4n) is 4.50. The number of allylic oxidation sites excluding steroid dienone is 2. The number of rotatable bonds is 5. The summed E-state index contributed by atoms with van der Waals surface area (Å²) in [4.78, 5) is 18.0. The molecular weight excluding hydrogens is 439 g/mol. The van der Waals surface area contributed by atoms with Crippen molar-refractivity contribution in [2.24, 2.45) is 5.41 Å². The number of Topliss-reactive ketones (excluding diaryl/α,β-unsaturated/α-hetero) is 1. The van der Waals surface area contributed by atoms with Crippen molar-refractivity contribution < 1.29 is 13.9 Å². The fourth-order valence-corrected chi connectivity index (χ4v) is 5.32. The van der Waals surface area contributed by atoms with Crippen LogP contribution in [-0.4, -0.2) is 27.7 Å². The molecule has 33 heavy (non-hydrogen) atoms. The molecule has 3 aromatic rings. The molecule has 0 spiro atoms. The third-order valence-electron chi connectivity index (χ3n) is 6.06. The molecule has 0 radical (unpaired) electrons. The average Bonchev–Trinajstić information content (AvgIpc) is 3.19. The molecule has 0 fully saturated rings. The first-order valence-corrected chi connectivity index (χ1v) is 11.8. The van der Waals surface area contributed by atoms with Crippen molar-refractivity contribution in [1.82, 2.24) is 14.8 Å². The summed E-state index contributed by atoms with van der Waals surface area (Å²) in [7, 11) is 1.63. The minimum Gasteiger partial charge on any atom is -0.497 e. The van der Waals surface area contributed by atoms with Crippen LogP contribution in [0.4, 0.5) is 10.3 Å². The van der Waals surface area contributed by atoms with Crippen LogP contribution in [0.1, 0.15) is 43.9 Å².